The first-order valence-electron chi connectivity index (χ1n) is 7.11. The van der Waals surface area contributed by atoms with E-state index in [9.17, 15) is 9.59 Å². The minimum atomic E-state index is -0.594. The lowest BCUT2D eigenvalue weighted by Gasteiger charge is -2.05. The van der Waals surface area contributed by atoms with Crippen LogP contribution < -0.4 is 10.1 Å². The van der Waals surface area contributed by atoms with Crippen molar-refractivity contribution in [3.63, 3.8) is 0 Å². The number of benzene rings is 2. The summed E-state index contributed by atoms with van der Waals surface area (Å²) in [5.74, 6) is -0.302. The number of hydrogen-bond acceptors (Lipinski definition) is 4. The lowest BCUT2D eigenvalue weighted by Crippen LogP contribution is -2.20. The van der Waals surface area contributed by atoms with Crippen LogP contribution in [-0.2, 0) is 14.3 Å². The SMILES string of the molecule is COc1cccc(C=CC(=O)OCC(=O)Nc2ccc(Br)cc2)c1. The molecule has 0 bridgehead atoms. The van der Waals surface area contributed by atoms with Gasteiger partial charge in [0.2, 0.25) is 0 Å². The summed E-state index contributed by atoms with van der Waals surface area (Å²) in [6.45, 7) is -0.350. The Morgan fingerprint density at radius 3 is 2.62 bits per heavy atom. The zero-order valence-corrected chi connectivity index (χ0v) is 14.6. The molecule has 2 rings (SSSR count). The molecule has 2 aromatic rings. The molecule has 0 unspecified atom stereocenters. The molecule has 0 fully saturated rings. The van der Waals surface area contributed by atoms with E-state index in [1.165, 1.54) is 6.08 Å². The zero-order valence-electron chi connectivity index (χ0n) is 13.0. The average Bonchev–Trinajstić information content (AvgIpc) is 2.60. The Bertz CT molecular complexity index is 741. The van der Waals surface area contributed by atoms with E-state index in [-0.39, 0.29) is 6.61 Å². The van der Waals surface area contributed by atoms with E-state index in [1.54, 1.807) is 43.5 Å². The number of ether oxygens (including phenoxy) is 2. The molecule has 124 valence electrons. The van der Waals surface area contributed by atoms with Gasteiger partial charge >= 0.3 is 5.97 Å². The van der Waals surface area contributed by atoms with Crippen LogP contribution in [-0.4, -0.2) is 25.6 Å². The smallest absolute Gasteiger partial charge is 0.331 e. The monoisotopic (exact) mass is 389 g/mol. The molecule has 5 nitrogen and oxygen atoms in total. The van der Waals surface area contributed by atoms with E-state index >= 15 is 0 Å². The van der Waals surface area contributed by atoms with Crippen LogP contribution in [0.3, 0.4) is 0 Å². The summed E-state index contributed by atoms with van der Waals surface area (Å²) in [6, 6.07) is 14.3. The number of esters is 1. The third-order valence-corrected chi connectivity index (χ3v) is 3.51. The van der Waals surface area contributed by atoms with Gasteiger partial charge in [0.25, 0.3) is 5.91 Å². The summed E-state index contributed by atoms with van der Waals surface area (Å²) < 4.78 is 10.9. The largest absolute Gasteiger partial charge is 0.497 e. The van der Waals surface area contributed by atoms with Gasteiger partial charge in [0.15, 0.2) is 6.61 Å². The van der Waals surface area contributed by atoms with Gasteiger partial charge < -0.3 is 14.8 Å². The van der Waals surface area contributed by atoms with E-state index in [2.05, 4.69) is 21.2 Å². The lowest BCUT2D eigenvalue weighted by atomic mass is 10.2. The fourth-order valence-electron chi connectivity index (χ4n) is 1.82. The Morgan fingerprint density at radius 2 is 1.92 bits per heavy atom. The lowest BCUT2D eigenvalue weighted by molar-refractivity contribution is -0.142. The molecule has 0 aliphatic rings. The maximum absolute atomic E-state index is 11.7. The molecular weight excluding hydrogens is 374 g/mol. The van der Waals surface area contributed by atoms with Crippen molar-refractivity contribution in [2.24, 2.45) is 0 Å². The predicted octanol–water partition coefficient (Wildman–Crippen LogP) is 3.65. The molecule has 0 atom stereocenters. The highest BCUT2D eigenvalue weighted by molar-refractivity contribution is 9.10. The molecule has 0 saturated carbocycles. The summed E-state index contributed by atoms with van der Waals surface area (Å²) in [6.07, 6.45) is 2.86. The van der Waals surface area contributed by atoms with E-state index < -0.39 is 11.9 Å². The quantitative estimate of drug-likeness (QED) is 0.604. The second-order valence-electron chi connectivity index (χ2n) is 4.77. The number of halogens is 1. The Balaban J connectivity index is 1.80. The van der Waals surface area contributed by atoms with Gasteiger partial charge in [-0.25, -0.2) is 4.79 Å². The summed E-state index contributed by atoms with van der Waals surface area (Å²) >= 11 is 3.31. The third-order valence-electron chi connectivity index (χ3n) is 2.98. The van der Waals surface area contributed by atoms with Crippen LogP contribution in [0.2, 0.25) is 0 Å². The standard InChI is InChI=1S/C18H16BrNO4/c1-23-16-4-2-3-13(11-16)5-10-18(22)24-12-17(21)20-15-8-6-14(19)7-9-15/h2-11H,12H2,1H3,(H,20,21). The van der Waals surface area contributed by atoms with Gasteiger partial charge in [0.1, 0.15) is 5.75 Å². The maximum Gasteiger partial charge on any atom is 0.331 e. The van der Waals surface area contributed by atoms with Crippen molar-refractivity contribution in [3.05, 3.63) is 64.6 Å². The normalized spacial score (nSPS) is 10.4. The topological polar surface area (TPSA) is 64.6 Å². The second kappa shape index (κ2) is 8.88. The van der Waals surface area contributed by atoms with Crippen molar-refractivity contribution in [2.75, 3.05) is 19.0 Å². The highest BCUT2D eigenvalue weighted by Crippen LogP contribution is 2.14. The third kappa shape index (κ3) is 5.89. The van der Waals surface area contributed by atoms with Crippen molar-refractivity contribution in [3.8, 4) is 5.75 Å². The molecule has 2 aromatic carbocycles. The van der Waals surface area contributed by atoms with Gasteiger partial charge in [-0.2, -0.15) is 0 Å². The summed E-state index contributed by atoms with van der Waals surface area (Å²) in [7, 11) is 1.57. The molecule has 0 aromatic heterocycles. The Kier molecular flexibility index (Phi) is 6.57. The van der Waals surface area contributed by atoms with Crippen LogP contribution in [0.25, 0.3) is 6.08 Å². The Morgan fingerprint density at radius 1 is 1.17 bits per heavy atom. The Hall–Kier alpha value is -2.60. The van der Waals surface area contributed by atoms with Gasteiger partial charge in [0.05, 0.1) is 7.11 Å². The minimum Gasteiger partial charge on any atom is -0.497 e. The van der Waals surface area contributed by atoms with Crippen molar-refractivity contribution in [1.82, 2.24) is 0 Å². The molecule has 0 heterocycles. The first-order valence-corrected chi connectivity index (χ1v) is 7.90. The predicted molar refractivity (Wildman–Crippen MR) is 95.8 cm³/mol. The molecule has 0 aliphatic carbocycles. The van der Waals surface area contributed by atoms with E-state index in [0.29, 0.717) is 11.4 Å². The van der Waals surface area contributed by atoms with E-state index in [4.69, 9.17) is 9.47 Å². The van der Waals surface area contributed by atoms with Crippen molar-refractivity contribution < 1.29 is 19.1 Å². The number of anilines is 1. The van der Waals surface area contributed by atoms with Crippen molar-refractivity contribution >= 4 is 39.6 Å². The number of carbonyl (C=O) groups is 2. The van der Waals surface area contributed by atoms with Gasteiger partial charge in [-0.1, -0.05) is 28.1 Å². The molecule has 0 spiro atoms. The maximum atomic E-state index is 11.7. The summed E-state index contributed by atoms with van der Waals surface area (Å²) in [5.41, 5.74) is 1.43. The fraction of sp³-hybridized carbons (Fsp3) is 0.111. The van der Waals surface area contributed by atoms with E-state index in [0.717, 1.165) is 10.0 Å². The van der Waals surface area contributed by atoms with E-state index in [1.807, 2.05) is 18.2 Å². The van der Waals surface area contributed by atoms with Crippen molar-refractivity contribution in [2.45, 2.75) is 0 Å². The first-order chi connectivity index (χ1) is 11.6. The molecule has 1 N–H and O–H groups in total. The van der Waals surface area contributed by atoms with Crippen LogP contribution in [0.4, 0.5) is 5.69 Å². The molecule has 24 heavy (non-hydrogen) atoms. The summed E-state index contributed by atoms with van der Waals surface area (Å²) in [5, 5.41) is 2.64. The number of nitrogens with one attached hydrogen (secondary N) is 1. The zero-order chi connectivity index (χ0) is 17.4. The fourth-order valence-corrected chi connectivity index (χ4v) is 2.09. The molecule has 6 heteroatoms. The first kappa shape index (κ1) is 17.7. The second-order valence-corrected chi connectivity index (χ2v) is 5.69. The molecule has 0 saturated heterocycles. The molecule has 0 aliphatic heterocycles. The number of rotatable bonds is 6. The molecule has 1 amide bonds. The van der Waals surface area contributed by atoms with Crippen LogP contribution in [0, 0.1) is 0 Å². The number of hydrogen-bond donors (Lipinski definition) is 1. The highest BCUT2D eigenvalue weighted by atomic mass is 79.9. The van der Waals surface area contributed by atoms with Gasteiger partial charge in [-0.15, -0.1) is 0 Å². The van der Waals surface area contributed by atoms with Crippen LogP contribution >= 0.6 is 15.9 Å². The van der Waals surface area contributed by atoms with Crippen LogP contribution in [0.5, 0.6) is 5.75 Å². The number of methoxy groups -OCH3 is 1. The van der Waals surface area contributed by atoms with Crippen molar-refractivity contribution in [1.29, 1.82) is 0 Å². The molecular formula is C18H16BrNO4. The van der Waals surface area contributed by atoms with Gasteiger partial charge in [-0.05, 0) is 48.0 Å². The number of amides is 1. The minimum absolute atomic E-state index is 0.350. The van der Waals surface area contributed by atoms with Gasteiger partial charge in [-0.3, -0.25) is 4.79 Å². The van der Waals surface area contributed by atoms with Crippen LogP contribution in [0.15, 0.2) is 59.1 Å². The summed E-state index contributed by atoms with van der Waals surface area (Å²) in [4.78, 5) is 23.4. The van der Waals surface area contributed by atoms with Crippen LogP contribution in [0.1, 0.15) is 5.56 Å². The average molecular weight is 390 g/mol. The molecule has 0 radical (unpaired) electrons. The van der Waals surface area contributed by atoms with Gasteiger partial charge in [0, 0.05) is 16.2 Å². The Labute approximate surface area is 148 Å². The highest BCUT2D eigenvalue weighted by Gasteiger charge is 2.05. The number of carbonyl (C=O) groups excluding carboxylic acids is 2.